The number of benzene rings is 1. The molecular formula is C15H22N2O2. The van der Waals surface area contributed by atoms with Crippen molar-refractivity contribution in [2.45, 2.75) is 33.3 Å². The van der Waals surface area contributed by atoms with Gasteiger partial charge in [0.1, 0.15) is 0 Å². The molecule has 0 spiro atoms. The Labute approximate surface area is 114 Å². The molecule has 0 bridgehead atoms. The second kappa shape index (κ2) is 5.61. The molecule has 0 saturated carbocycles. The Bertz CT molecular complexity index is 473. The highest BCUT2D eigenvalue weighted by Crippen LogP contribution is 2.19. The van der Waals surface area contributed by atoms with Crippen LogP contribution in [0.1, 0.15) is 24.5 Å². The summed E-state index contributed by atoms with van der Waals surface area (Å²) in [7, 11) is 0. The molecule has 1 heterocycles. The number of likely N-dealkylation sites (tertiary alicyclic amines) is 1. The number of urea groups is 1. The molecule has 1 aliphatic heterocycles. The molecule has 0 aromatic heterocycles. The van der Waals surface area contributed by atoms with Crippen LogP contribution in [-0.4, -0.2) is 35.2 Å². The van der Waals surface area contributed by atoms with E-state index < -0.39 is 6.10 Å². The number of aliphatic hydroxyl groups excluding tert-OH is 1. The van der Waals surface area contributed by atoms with E-state index in [1.54, 1.807) is 4.90 Å². The molecule has 19 heavy (non-hydrogen) atoms. The van der Waals surface area contributed by atoms with Gasteiger partial charge in [0.2, 0.25) is 0 Å². The lowest BCUT2D eigenvalue weighted by Gasteiger charge is -2.34. The summed E-state index contributed by atoms with van der Waals surface area (Å²) in [4.78, 5) is 13.8. The van der Waals surface area contributed by atoms with E-state index in [4.69, 9.17) is 0 Å². The van der Waals surface area contributed by atoms with E-state index >= 15 is 0 Å². The van der Waals surface area contributed by atoms with E-state index in [-0.39, 0.29) is 11.9 Å². The lowest BCUT2D eigenvalue weighted by Crippen LogP contribution is -2.47. The van der Waals surface area contributed by atoms with Gasteiger partial charge in [0.15, 0.2) is 0 Å². The fourth-order valence-corrected chi connectivity index (χ4v) is 2.26. The Kier molecular flexibility index (Phi) is 4.10. The third-order valence-electron chi connectivity index (χ3n) is 3.96. The second-order valence-electron chi connectivity index (χ2n) is 5.51. The molecule has 1 fully saturated rings. The molecule has 2 N–H and O–H groups in total. The summed E-state index contributed by atoms with van der Waals surface area (Å²) in [5.74, 6) is 0.269. The lowest BCUT2D eigenvalue weighted by atomic mass is 9.96. The number of rotatable bonds is 1. The van der Waals surface area contributed by atoms with Gasteiger partial charge >= 0.3 is 6.03 Å². The van der Waals surface area contributed by atoms with Crippen molar-refractivity contribution in [1.29, 1.82) is 0 Å². The number of nitrogens with one attached hydrogen (secondary N) is 1. The third kappa shape index (κ3) is 3.26. The van der Waals surface area contributed by atoms with Crippen molar-refractivity contribution < 1.29 is 9.90 Å². The van der Waals surface area contributed by atoms with Crippen LogP contribution >= 0.6 is 0 Å². The average molecular weight is 262 g/mol. The third-order valence-corrected chi connectivity index (χ3v) is 3.96. The average Bonchev–Trinajstić information content (AvgIpc) is 2.37. The van der Waals surface area contributed by atoms with Crippen molar-refractivity contribution in [3.63, 3.8) is 0 Å². The maximum absolute atomic E-state index is 12.1. The van der Waals surface area contributed by atoms with Gasteiger partial charge in [-0.25, -0.2) is 4.79 Å². The molecule has 4 nitrogen and oxygen atoms in total. The summed E-state index contributed by atoms with van der Waals surface area (Å²) >= 11 is 0. The second-order valence-corrected chi connectivity index (χ2v) is 5.51. The number of aliphatic hydroxyl groups is 1. The molecule has 1 aromatic carbocycles. The summed E-state index contributed by atoms with van der Waals surface area (Å²) in [6.07, 6.45) is 0.431. The summed E-state index contributed by atoms with van der Waals surface area (Å²) in [5.41, 5.74) is 3.17. The van der Waals surface area contributed by atoms with Crippen molar-refractivity contribution in [2.24, 2.45) is 5.92 Å². The molecule has 4 heteroatoms. The normalized spacial score (nSPS) is 23.3. The highest BCUT2D eigenvalue weighted by atomic mass is 16.3. The number of carbonyl (C=O) groups is 1. The molecule has 0 radical (unpaired) electrons. The molecule has 2 atom stereocenters. The molecule has 0 aliphatic carbocycles. The van der Waals surface area contributed by atoms with E-state index in [1.807, 2.05) is 39.0 Å². The van der Waals surface area contributed by atoms with Gasteiger partial charge in [-0.3, -0.25) is 0 Å². The summed E-state index contributed by atoms with van der Waals surface area (Å²) in [6.45, 7) is 7.20. The van der Waals surface area contributed by atoms with Gasteiger partial charge in [0.25, 0.3) is 0 Å². The van der Waals surface area contributed by atoms with Gasteiger partial charge in [-0.1, -0.05) is 13.0 Å². The van der Waals surface area contributed by atoms with Crippen molar-refractivity contribution >= 4 is 11.7 Å². The predicted octanol–water partition coefficient (Wildman–Crippen LogP) is 2.54. The molecule has 1 aromatic rings. The Hall–Kier alpha value is -1.55. The molecule has 2 unspecified atom stereocenters. The minimum atomic E-state index is -0.417. The maximum atomic E-state index is 12.1. The standard InChI is InChI=1S/C15H22N2O2/c1-10-4-5-13(8-12(10)3)16-15(19)17-7-6-11(2)14(18)9-17/h4-5,8,11,14,18H,6-7,9H2,1-3H3,(H,16,19). The number of hydrogen-bond donors (Lipinski definition) is 2. The first-order valence-electron chi connectivity index (χ1n) is 6.78. The molecular weight excluding hydrogens is 240 g/mol. The van der Waals surface area contributed by atoms with Gasteiger partial charge in [0.05, 0.1) is 6.10 Å². The first kappa shape index (κ1) is 13.9. The number of aryl methyl sites for hydroxylation is 2. The predicted molar refractivity (Wildman–Crippen MR) is 76.3 cm³/mol. The van der Waals surface area contributed by atoms with Crippen molar-refractivity contribution in [2.75, 3.05) is 18.4 Å². The van der Waals surface area contributed by atoms with E-state index in [2.05, 4.69) is 5.32 Å². The highest BCUT2D eigenvalue weighted by Gasteiger charge is 2.27. The van der Waals surface area contributed by atoms with E-state index in [9.17, 15) is 9.90 Å². The highest BCUT2D eigenvalue weighted by molar-refractivity contribution is 5.89. The van der Waals surface area contributed by atoms with Crippen LogP contribution in [0, 0.1) is 19.8 Å². The van der Waals surface area contributed by atoms with E-state index in [0.717, 1.165) is 17.7 Å². The Morgan fingerprint density at radius 1 is 1.37 bits per heavy atom. The van der Waals surface area contributed by atoms with Crippen LogP contribution in [0.5, 0.6) is 0 Å². The van der Waals surface area contributed by atoms with Crippen LogP contribution in [0.4, 0.5) is 10.5 Å². The van der Waals surface area contributed by atoms with Crippen LogP contribution in [0.25, 0.3) is 0 Å². The van der Waals surface area contributed by atoms with E-state index in [0.29, 0.717) is 13.1 Å². The van der Waals surface area contributed by atoms with Gasteiger partial charge < -0.3 is 15.3 Å². The number of piperidine rings is 1. The van der Waals surface area contributed by atoms with Crippen LogP contribution < -0.4 is 5.32 Å². The maximum Gasteiger partial charge on any atom is 0.321 e. The zero-order valence-electron chi connectivity index (χ0n) is 11.8. The number of amides is 2. The van der Waals surface area contributed by atoms with Gasteiger partial charge in [-0.05, 0) is 49.4 Å². The lowest BCUT2D eigenvalue weighted by molar-refractivity contribution is 0.0464. The first-order chi connectivity index (χ1) is 8.97. The SMILES string of the molecule is Cc1ccc(NC(=O)N2CCC(C)C(O)C2)cc1C. The first-order valence-corrected chi connectivity index (χ1v) is 6.78. The summed E-state index contributed by atoms with van der Waals surface area (Å²) in [6, 6.07) is 5.74. The molecule has 2 amide bonds. The quantitative estimate of drug-likeness (QED) is 0.817. The monoisotopic (exact) mass is 262 g/mol. The number of hydrogen-bond acceptors (Lipinski definition) is 2. The molecule has 1 saturated heterocycles. The van der Waals surface area contributed by atoms with Crippen molar-refractivity contribution in [3.05, 3.63) is 29.3 Å². The van der Waals surface area contributed by atoms with Crippen LogP contribution in [0.15, 0.2) is 18.2 Å². The van der Waals surface area contributed by atoms with E-state index in [1.165, 1.54) is 5.56 Å². The van der Waals surface area contributed by atoms with Crippen molar-refractivity contribution in [3.8, 4) is 0 Å². The Balaban J connectivity index is 1.99. The minimum absolute atomic E-state index is 0.130. The summed E-state index contributed by atoms with van der Waals surface area (Å²) < 4.78 is 0. The zero-order valence-corrected chi connectivity index (χ0v) is 11.8. The number of carbonyl (C=O) groups excluding carboxylic acids is 1. The largest absolute Gasteiger partial charge is 0.391 e. The number of nitrogens with zero attached hydrogens (tertiary/aromatic N) is 1. The summed E-state index contributed by atoms with van der Waals surface area (Å²) in [5, 5.41) is 12.7. The van der Waals surface area contributed by atoms with Crippen LogP contribution in [0.3, 0.4) is 0 Å². The molecule has 2 rings (SSSR count). The Morgan fingerprint density at radius 2 is 2.11 bits per heavy atom. The smallest absolute Gasteiger partial charge is 0.321 e. The minimum Gasteiger partial charge on any atom is -0.391 e. The van der Waals surface area contributed by atoms with Crippen molar-refractivity contribution in [1.82, 2.24) is 4.90 Å². The fourth-order valence-electron chi connectivity index (χ4n) is 2.26. The van der Waals surface area contributed by atoms with Crippen LogP contribution in [-0.2, 0) is 0 Å². The Morgan fingerprint density at radius 3 is 2.74 bits per heavy atom. The molecule has 104 valence electrons. The van der Waals surface area contributed by atoms with Gasteiger partial charge in [-0.2, -0.15) is 0 Å². The molecule has 1 aliphatic rings. The number of β-amino-alcohol motifs (C(OH)–C–C–N with tert-alkyl or cyclic N) is 1. The van der Waals surface area contributed by atoms with Gasteiger partial charge in [0, 0.05) is 18.8 Å². The number of anilines is 1. The van der Waals surface area contributed by atoms with Crippen LogP contribution in [0.2, 0.25) is 0 Å². The topological polar surface area (TPSA) is 52.6 Å². The van der Waals surface area contributed by atoms with Gasteiger partial charge in [-0.15, -0.1) is 0 Å². The fraction of sp³-hybridized carbons (Fsp3) is 0.533. The zero-order chi connectivity index (χ0) is 14.0.